The van der Waals surface area contributed by atoms with Crippen molar-refractivity contribution < 1.29 is 9.59 Å². The lowest BCUT2D eigenvalue weighted by molar-refractivity contribution is -0.111. The molecule has 8 heteroatoms. The summed E-state index contributed by atoms with van der Waals surface area (Å²) in [7, 11) is 0. The van der Waals surface area contributed by atoms with Crippen LogP contribution in [0.15, 0.2) is 48.7 Å². The van der Waals surface area contributed by atoms with Crippen molar-refractivity contribution in [2.45, 2.75) is 19.9 Å². The molecule has 2 N–H and O–H groups in total. The lowest BCUT2D eigenvalue weighted by Gasteiger charge is -2.13. The number of nitrogens with zero attached hydrogens (tertiary/aromatic N) is 2. The quantitative estimate of drug-likeness (QED) is 0.603. The number of nitrogens with one attached hydrogen (secondary N) is 2. The van der Waals surface area contributed by atoms with E-state index < -0.39 is 5.91 Å². The SMILES string of the molecule is CC(C)NC(=O)c1ccc(Cl)cc1NC(=O)C=Cc1c(Cl)nc2ccccn12. The monoisotopic (exact) mass is 416 g/mol. The minimum absolute atomic E-state index is 0.0380. The van der Waals surface area contributed by atoms with Crippen molar-refractivity contribution in [3.05, 3.63) is 70.1 Å². The summed E-state index contributed by atoms with van der Waals surface area (Å²) in [5, 5.41) is 6.18. The van der Waals surface area contributed by atoms with Crippen molar-refractivity contribution in [1.29, 1.82) is 0 Å². The Morgan fingerprint density at radius 3 is 2.71 bits per heavy atom. The number of imidazole rings is 1. The van der Waals surface area contributed by atoms with Gasteiger partial charge in [-0.1, -0.05) is 29.3 Å². The van der Waals surface area contributed by atoms with E-state index in [0.717, 1.165) is 0 Å². The zero-order valence-electron chi connectivity index (χ0n) is 15.2. The Morgan fingerprint density at radius 1 is 1.18 bits per heavy atom. The fraction of sp³-hybridized carbons (Fsp3) is 0.150. The van der Waals surface area contributed by atoms with Crippen molar-refractivity contribution in [1.82, 2.24) is 14.7 Å². The molecule has 0 aliphatic heterocycles. The van der Waals surface area contributed by atoms with Crippen LogP contribution in [0.25, 0.3) is 11.7 Å². The molecule has 0 spiro atoms. The first kappa shape index (κ1) is 19.9. The van der Waals surface area contributed by atoms with E-state index in [9.17, 15) is 9.59 Å². The van der Waals surface area contributed by atoms with E-state index in [1.165, 1.54) is 12.1 Å². The van der Waals surface area contributed by atoms with E-state index in [4.69, 9.17) is 23.2 Å². The summed E-state index contributed by atoms with van der Waals surface area (Å²) in [6, 6.07) is 10.2. The molecule has 0 aliphatic carbocycles. The predicted octanol–water partition coefficient (Wildman–Crippen LogP) is 4.43. The van der Waals surface area contributed by atoms with E-state index in [1.54, 1.807) is 28.8 Å². The Labute approximate surface area is 172 Å². The second kappa shape index (κ2) is 8.46. The van der Waals surface area contributed by atoms with Crippen LogP contribution >= 0.6 is 23.2 Å². The summed E-state index contributed by atoms with van der Waals surface area (Å²) in [6.45, 7) is 3.71. The summed E-state index contributed by atoms with van der Waals surface area (Å²) in [4.78, 5) is 29.0. The van der Waals surface area contributed by atoms with Gasteiger partial charge >= 0.3 is 0 Å². The lowest BCUT2D eigenvalue weighted by atomic mass is 10.1. The highest BCUT2D eigenvalue weighted by Gasteiger charge is 2.14. The molecule has 2 aromatic heterocycles. The number of carbonyl (C=O) groups excluding carboxylic acids is 2. The number of hydrogen-bond donors (Lipinski definition) is 2. The van der Waals surface area contributed by atoms with Gasteiger partial charge in [-0.2, -0.15) is 0 Å². The van der Waals surface area contributed by atoms with Gasteiger partial charge in [-0.3, -0.25) is 14.0 Å². The van der Waals surface area contributed by atoms with Crippen LogP contribution < -0.4 is 10.6 Å². The number of carbonyl (C=O) groups is 2. The number of pyridine rings is 1. The molecule has 0 atom stereocenters. The average molecular weight is 417 g/mol. The second-order valence-corrected chi connectivity index (χ2v) is 7.15. The maximum Gasteiger partial charge on any atom is 0.253 e. The van der Waals surface area contributed by atoms with E-state index >= 15 is 0 Å². The first-order chi connectivity index (χ1) is 13.3. The smallest absolute Gasteiger partial charge is 0.253 e. The Balaban J connectivity index is 1.83. The van der Waals surface area contributed by atoms with E-state index in [2.05, 4.69) is 15.6 Å². The molecule has 0 unspecified atom stereocenters. The minimum atomic E-state index is -0.428. The molecule has 3 aromatic rings. The number of hydrogen-bond acceptors (Lipinski definition) is 3. The molecule has 3 rings (SSSR count). The van der Waals surface area contributed by atoms with Crippen molar-refractivity contribution in [3.8, 4) is 0 Å². The molecule has 0 saturated heterocycles. The Kier molecular flexibility index (Phi) is 6.02. The number of rotatable bonds is 5. The fourth-order valence-electron chi connectivity index (χ4n) is 2.62. The highest BCUT2D eigenvalue weighted by Crippen LogP contribution is 2.22. The van der Waals surface area contributed by atoms with Crippen molar-refractivity contribution in [3.63, 3.8) is 0 Å². The van der Waals surface area contributed by atoms with Crippen molar-refractivity contribution in [2.24, 2.45) is 0 Å². The third-order valence-corrected chi connectivity index (χ3v) is 4.33. The molecule has 2 amide bonds. The standard InChI is InChI=1S/C20H18Cl2N4O2/c1-12(2)23-20(28)14-7-6-13(21)11-15(14)24-18(27)9-8-16-19(22)25-17-5-3-4-10-26(16)17/h3-12H,1-2H3,(H,23,28)(H,24,27). The number of anilines is 1. The normalized spacial score (nSPS) is 11.3. The van der Waals surface area contributed by atoms with Gasteiger partial charge in [0.2, 0.25) is 5.91 Å². The van der Waals surface area contributed by atoms with Gasteiger partial charge in [0.15, 0.2) is 5.15 Å². The van der Waals surface area contributed by atoms with Crippen LogP contribution in [0.2, 0.25) is 10.2 Å². The third kappa shape index (κ3) is 4.52. The zero-order chi connectivity index (χ0) is 20.3. The van der Waals surface area contributed by atoms with Gasteiger partial charge in [0.05, 0.1) is 16.9 Å². The van der Waals surface area contributed by atoms with Crippen LogP contribution in [-0.4, -0.2) is 27.2 Å². The van der Waals surface area contributed by atoms with Gasteiger partial charge in [-0.15, -0.1) is 0 Å². The molecule has 0 fully saturated rings. The van der Waals surface area contributed by atoms with Gasteiger partial charge in [0, 0.05) is 23.3 Å². The predicted molar refractivity (Wildman–Crippen MR) is 112 cm³/mol. The van der Waals surface area contributed by atoms with Crippen molar-refractivity contribution >= 4 is 52.4 Å². The molecule has 2 heterocycles. The van der Waals surface area contributed by atoms with E-state index in [1.807, 2.05) is 32.0 Å². The van der Waals surface area contributed by atoms with Gasteiger partial charge in [-0.05, 0) is 50.3 Å². The zero-order valence-corrected chi connectivity index (χ0v) is 16.8. The number of halogens is 2. The molecule has 0 saturated carbocycles. The maximum absolute atomic E-state index is 12.4. The minimum Gasteiger partial charge on any atom is -0.350 e. The van der Waals surface area contributed by atoms with Crippen LogP contribution in [0.5, 0.6) is 0 Å². The molecule has 6 nitrogen and oxygen atoms in total. The molecule has 1 aromatic carbocycles. The summed E-state index contributed by atoms with van der Waals surface area (Å²) in [5.41, 5.74) is 1.91. The third-order valence-electron chi connectivity index (χ3n) is 3.82. The summed E-state index contributed by atoms with van der Waals surface area (Å²) < 4.78 is 1.77. The first-order valence-electron chi connectivity index (χ1n) is 8.57. The number of benzene rings is 1. The average Bonchev–Trinajstić information content (AvgIpc) is 2.94. The summed E-state index contributed by atoms with van der Waals surface area (Å²) >= 11 is 12.2. The van der Waals surface area contributed by atoms with Gasteiger partial charge in [0.1, 0.15) is 5.65 Å². The molecule has 28 heavy (non-hydrogen) atoms. The Bertz CT molecular complexity index is 1070. The Hall–Kier alpha value is -2.83. The van der Waals surface area contributed by atoms with Crippen LogP contribution in [0.4, 0.5) is 5.69 Å². The van der Waals surface area contributed by atoms with Gasteiger partial charge < -0.3 is 10.6 Å². The first-order valence-corrected chi connectivity index (χ1v) is 9.33. The maximum atomic E-state index is 12.4. The molecule has 0 bridgehead atoms. The van der Waals surface area contributed by atoms with Crippen LogP contribution in [-0.2, 0) is 4.79 Å². The van der Waals surface area contributed by atoms with Crippen LogP contribution in [0.1, 0.15) is 29.9 Å². The number of amides is 2. The highest BCUT2D eigenvalue weighted by molar-refractivity contribution is 6.31. The molecular weight excluding hydrogens is 399 g/mol. The Morgan fingerprint density at radius 2 is 1.96 bits per heavy atom. The van der Waals surface area contributed by atoms with Crippen LogP contribution in [0.3, 0.4) is 0 Å². The van der Waals surface area contributed by atoms with E-state index in [-0.39, 0.29) is 17.1 Å². The number of aromatic nitrogens is 2. The molecule has 0 aliphatic rings. The van der Waals surface area contributed by atoms with Gasteiger partial charge in [0.25, 0.3) is 5.91 Å². The van der Waals surface area contributed by atoms with Gasteiger partial charge in [-0.25, -0.2) is 4.98 Å². The van der Waals surface area contributed by atoms with E-state index in [0.29, 0.717) is 27.6 Å². The molecule has 0 radical (unpaired) electrons. The highest BCUT2D eigenvalue weighted by atomic mass is 35.5. The fourth-order valence-corrected chi connectivity index (χ4v) is 3.03. The van der Waals surface area contributed by atoms with Crippen molar-refractivity contribution in [2.75, 3.05) is 5.32 Å². The summed E-state index contributed by atoms with van der Waals surface area (Å²) in [5.74, 6) is -0.724. The largest absolute Gasteiger partial charge is 0.350 e. The van der Waals surface area contributed by atoms with Crippen LogP contribution in [0, 0.1) is 0 Å². The number of fused-ring (bicyclic) bond motifs is 1. The summed E-state index contributed by atoms with van der Waals surface area (Å²) in [6.07, 6.45) is 4.70. The molecular formula is C20H18Cl2N4O2. The molecule has 144 valence electrons. The topological polar surface area (TPSA) is 75.5 Å². The lowest BCUT2D eigenvalue weighted by Crippen LogP contribution is -2.31. The second-order valence-electron chi connectivity index (χ2n) is 6.36.